The molecule has 0 amide bonds. The third-order valence-corrected chi connectivity index (χ3v) is 3.14. The van der Waals surface area contributed by atoms with Crippen LogP contribution in [0.1, 0.15) is 49.8 Å². The minimum absolute atomic E-state index is 0.366. The van der Waals surface area contributed by atoms with Crippen LogP contribution in [0.2, 0.25) is 0 Å². The number of carbonyl (C=O) groups excluding carboxylic acids is 1. The van der Waals surface area contributed by atoms with E-state index in [2.05, 4.69) is 18.6 Å². The predicted molar refractivity (Wildman–Crippen MR) is 66.7 cm³/mol. The third kappa shape index (κ3) is 3.07. The zero-order valence-corrected chi connectivity index (χ0v) is 10.6. The quantitative estimate of drug-likeness (QED) is 0.800. The zero-order chi connectivity index (χ0) is 12.8. The number of aliphatic hydroxyl groups excluding tert-OH is 1. The van der Waals surface area contributed by atoms with Crippen molar-refractivity contribution in [2.45, 2.75) is 38.7 Å². The molecule has 1 unspecified atom stereocenters. The molecule has 0 aliphatic heterocycles. The molecule has 0 radical (unpaired) electrons. The number of ether oxygens (including phenoxy) is 1. The van der Waals surface area contributed by atoms with Gasteiger partial charge in [0.2, 0.25) is 0 Å². The predicted octanol–water partition coefficient (Wildman–Crippen LogP) is 2.80. The van der Waals surface area contributed by atoms with Crippen molar-refractivity contribution < 1.29 is 14.6 Å². The van der Waals surface area contributed by atoms with Gasteiger partial charge >= 0.3 is 5.97 Å². The second kappa shape index (κ2) is 6.40. The molecule has 3 heteroatoms. The second-order valence-corrected chi connectivity index (χ2v) is 4.07. The number of rotatable bonds is 5. The van der Waals surface area contributed by atoms with Gasteiger partial charge in [-0.2, -0.15) is 0 Å². The van der Waals surface area contributed by atoms with E-state index in [-0.39, 0.29) is 0 Å². The maximum absolute atomic E-state index is 11.4. The Bertz CT molecular complexity index is 369. The Hall–Kier alpha value is -1.35. The zero-order valence-electron chi connectivity index (χ0n) is 10.6. The summed E-state index contributed by atoms with van der Waals surface area (Å²) in [6, 6.07) is 7.52. The highest BCUT2D eigenvalue weighted by atomic mass is 16.5. The Balaban J connectivity index is 3.10. The summed E-state index contributed by atoms with van der Waals surface area (Å²) in [5.41, 5.74) is 1.70. The molecule has 1 aromatic carbocycles. The minimum Gasteiger partial charge on any atom is -0.467 e. The number of methoxy groups -OCH3 is 1. The summed E-state index contributed by atoms with van der Waals surface area (Å²) in [5, 5.41) is 9.94. The first-order valence-corrected chi connectivity index (χ1v) is 6.00. The molecule has 94 valence electrons. The molecule has 0 spiro atoms. The molecule has 1 atom stereocenters. The lowest BCUT2D eigenvalue weighted by atomic mass is 9.88. The van der Waals surface area contributed by atoms with E-state index in [9.17, 15) is 9.90 Å². The molecule has 0 bridgehead atoms. The first-order chi connectivity index (χ1) is 8.15. The first kappa shape index (κ1) is 13.7. The first-order valence-electron chi connectivity index (χ1n) is 6.00. The summed E-state index contributed by atoms with van der Waals surface area (Å²) >= 11 is 0. The highest BCUT2D eigenvalue weighted by Gasteiger charge is 2.23. The molecule has 0 aliphatic rings. The fourth-order valence-corrected chi connectivity index (χ4v) is 2.10. The molecule has 1 aromatic rings. The molecule has 3 nitrogen and oxygen atoms in total. The Morgan fingerprint density at radius 3 is 2.24 bits per heavy atom. The van der Waals surface area contributed by atoms with E-state index in [1.54, 1.807) is 6.07 Å². The molecule has 0 saturated carbocycles. The molecular formula is C14H20O3. The largest absolute Gasteiger partial charge is 0.467 e. The van der Waals surface area contributed by atoms with Crippen molar-refractivity contribution >= 4 is 5.97 Å². The lowest BCUT2D eigenvalue weighted by Gasteiger charge is -2.19. The van der Waals surface area contributed by atoms with Gasteiger partial charge in [0, 0.05) is 0 Å². The van der Waals surface area contributed by atoms with Gasteiger partial charge in [-0.15, -0.1) is 0 Å². The molecule has 0 heterocycles. The topological polar surface area (TPSA) is 46.5 Å². The molecule has 0 aliphatic carbocycles. The van der Waals surface area contributed by atoms with Crippen LogP contribution in [0.4, 0.5) is 0 Å². The third-order valence-electron chi connectivity index (χ3n) is 3.14. The van der Waals surface area contributed by atoms with E-state index in [4.69, 9.17) is 0 Å². The average molecular weight is 236 g/mol. The summed E-state index contributed by atoms with van der Waals surface area (Å²) in [7, 11) is 1.28. The van der Waals surface area contributed by atoms with Crippen molar-refractivity contribution in [1.29, 1.82) is 0 Å². The van der Waals surface area contributed by atoms with E-state index in [1.807, 2.05) is 18.2 Å². The number of carbonyl (C=O) groups is 1. The molecular weight excluding hydrogens is 216 g/mol. The van der Waals surface area contributed by atoms with Gasteiger partial charge in [-0.05, 0) is 29.9 Å². The van der Waals surface area contributed by atoms with Gasteiger partial charge in [0.05, 0.1) is 7.11 Å². The summed E-state index contributed by atoms with van der Waals surface area (Å²) in [6.45, 7) is 4.21. The smallest absolute Gasteiger partial charge is 0.339 e. The van der Waals surface area contributed by atoms with Crippen molar-refractivity contribution in [3.8, 4) is 0 Å². The molecule has 0 fully saturated rings. The van der Waals surface area contributed by atoms with E-state index in [0.717, 1.165) is 18.4 Å². The summed E-state index contributed by atoms with van der Waals surface area (Å²) in [4.78, 5) is 11.4. The minimum atomic E-state index is -1.18. The monoisotopic (exact) mass is 236 g/mol. The lowest BCUT2D eigenvalue weighted by Crippen LogP contribution is -2.16. The number of aliphatic hydroxyl groups is 1. The van der Waals surface area contributed by atoms with Crippen LogP contribution in [0.15, 0.2) is 24.3 Å². The summed E-state index contributed by atoms with van der Waals surface area (Å²) < 4.78 is 4.58. The maximum Gasteiger partial charge on any atom is 0.339 e. The molecule has 1 N–H and O–H groups in total. The standard InChI is InChI=1S/C14H20O3/c1-4-10(5-2)11-8-6-7-9-12(11)13(15)14(16)17-3/h6-10,13,15H,4-5H2,1-3H3. The van der Waals surface area contributed by atoms with Gasteiger partial charge in [-0.25, -0.2) is 4.79 Å². The second-order valence-electron chi connectivity index (χ2n) is 4.07. The van der Waals surface area contributed by atoms with Gasteiger partial charge in [-0.3, -0.25) is 0 Å². The SMILES string of the molecule is CCC(CC)c1ccccc1C(O)C(=O)OC. The van der Waals surface area contributed by atoms with Crippen LogP contribution in [0.3, 0.4) is 0 Å². The van der Waals surface area contributed by atoms with Crippen molar-refractivity contribution in [2.24, 2.45) is 0 Å². The lowest BCUT2D eigenvalue weighted by molar-refractivity contribution is -0.150. The molecule has 0 saturated heterocycles. The molecule has 0 aromatic heterocycles. The number of esters is 1. The normalized spacial score (nSPS) is 12.5. The van der Waals surface area contributed by atoms with Gasteiger partial charge in [0.15, 0.2) is 6.10 Å². The van der Waals surface area contributed by atoms with E-state index in [1.165, 1.54) is 7.11 Å². The van der Waals surface area contributed by atoms with Crippen LogP contribution >= 0.6 is 0 Å². The van der Waals surface area contributed by atoms with Crippen molar-refractivity contribution in [3.63, 3.8) is 0 Å². The van der Waals surface area contributed by atoms with Crippen LogP contribution < -0.4 is 0 Å². The van der Waals surface area contributed by atoms with E-state index in [0.29, 0.717) is 11.5 Å². The maximum atomic E-state index is 11.4. The number of hydrogen-bond donors (Lipinski definition) is 1. The average Bonchev–Trinajstić information content (AvgIpc) is 2.39. The fraction of sp³-hybridized carbons (Fsp3) is 0.500. The van der Waals surface area contributed by atoms with Gasteiger partial charge in [0.1, 0.15) is 0 Å². The number of hydrogen-bond acceptors (Lipinski definition) is 3. The highest BCUT2D eigenvalue weighted by Crippen LogP contribution is 2.30. The van der Waals surface area contributed by atoms with Crippen molar-refractivity contribution in [2.75, 3.05) is 7.11 Å². The van der Waals surface area contributed by atoms with Crippen LogP contribution in [0.5, 0.6) is 0 Å². The number of benzene rings is 1. The summed E-state index contributed by atoms with van der Waals surface area (Å²) in [6.07, 6.45) is 0.791. The Kier molecular flexibility index (Phi) is 5.16. The van der Waals surface area contributed by atoms with Gasteiger partial charge < -0.3 is 9.84 Å². The van der Waals surface area contributed by atoms with E-state index < -0.39 is 12.1 Å². The fourth-order valence-electron chi connectivity index (χ4n) is 2.10. The highest BCUT2D eigenvalue weighted by molar-refractivity contribution is 5.76. The van der Waals surface area contributed by atoms with Gasteiger partial charge in [0.25, 0.3) is 0 Å². The summed E-state index contributed by atoms with van der Waals surface area (Å²) in [5.74, 6) is -0.242. The van der Waals surface area contributed by atoms with Crippen molar-refractivity contribution in [1.82, 2.24) is 0 Å². The van der Waals surface area contributed by atoms with Crippen LogP contribution in [-0.4, -0.2) is 18.2 Å². The van der Waals surface area contributed by atoms with Crippen LogP contribution in [-0.2, 0) is 9.53 Å². The van der Waals surface area contributed by atoms with Crippen LogP contribution in [0, 0.1) is 0 Å². The van der Waals surface area contributed by atoms with Gasteiger partial charge in [-0.1, -0.05) is 38.1 Å². The molecule has 1 rings (SSSR count). The Morgan fingerprint density at radius 1 is 1.24 bits per heavy atom. The van der Waals surface area contributed by atoms with E-state index >= 15 is 0 Å². The van der Waals surface area contributed by atoms with Crippen molar-refractivity contribution in [3.05, 3.63) is 35.4 Å². The Morgan fingerprint density at radius 2 is 1.76 bits per heavy atom. The molecule has 17 heavy (non-hydrogen) atoms. The van der Waals surface area contributed by atoms with Crippen LogP contribution in [0.25, 0.3) is 0 Å². The Labute approximate surface area is 102 Å².